The van der Waals surface area contributed by atoms with Gasteiger partial charge in [0.15, 0.2) is 0 Å². The highest BCUT2D eigenvalue weighted by atomic mass is 16.5. The maximum atomic E-state index is 5.87. The van der Waals surface area contributed by atoms with E-state index < -0.39 is 0 Å². The Balaban J connectivity index is 1.95. The van der Waals surface area contributed by atoms with Crippen molar-refractivity contribution in [1.29, 1.82) is 0 Å². The number of aryl methyl sites for hydroxylation is 1. The smallest absolute Gasteiger partial charge is 0.123 e. The minimum atomic E-state index is 0.650. The lowest BCUT2D eigenvalue weighted by atomic mass is 10.1. The molecule has 0 aliphatic heterocycles. The number of nitrogens with zero attached hydrogens (tertiary/aromatic N) is 1. The van der Waals surface area contributed by atoms with Gasteiger partial charge in [0.05, 0.1) is 6.61 Å². The maximum absolute atomic E-state index is 5.87. The van der Waals surface area contributed by atoms with Crippen LogP contribution in [0.15, 0.2) is 42.6 Å². The zero-order chi connectivity index (χ0) is 13.5. The third-order valence-electron chi connectivity index (χ3n) is 2.93. The Morgan fingerprint density at radius 3 is 2.84 bits per heavy atom. The molecule has 1 heterocycles. The van der Waals surface area contributed by atoms with Crippen molar-refractivity contribution in [3.05, 3.63) is 59.4 Å². The molecule has 0 bridgehead atoms. The lowest BCUT2D eigenvalue weighted by Gasteiger charge is -2.12. The summed E-state index contributed by atoms with van der Waals surface area (Å²) in [5.74, 6) is 0.955. The van der Waals surface area contributed by atoms with E-state index in [1.165, 1.54) is 11.1 Å². The van der Waals surface area contributed by atoms with Gasteiger partial charge in [-0.3, -0.25) is 4.98 Å². The van der Waals surface area contributed by atoms with Crippen molar-refractivity contribution >= 4 is 0 Å². The van der Waals surface area contributed by atoms with Crippen LogP contribution in [-0.4, -0.2) is 18.6 Å². The van der Waals surface area contributed by atoms with Gasteiger partial charge in [-0.15, -0.1) is 0 Å². The molecular formula is C16H20N2O. The fourth-order valence-electron chi connectivity index (χ4n) is 1.99. The number of aromatic nitrogens is 1. The van der Waals surface area contributed by atoms with Gasteiger partial charge in [0.25, 0.3) is 0 Å². The molecule has 0 saturated heterocycles. The largest absolute Gasteiger partial charge is 0.493 e. The van der Waals surface area contributed by atoms with E-state index in [1.807, 2.05) is 37.5 Å². The van der Waals surface area contributed by atoms with E-state index in [0.29, 0.717) is 6.61 Å². The second-order valence-electron chi connectivity index (χ2n) is 4.56. The topological polar surface area (TPSA) is 34.1 Å². The van der Waals surface area contributed by atoms with Crippen molar-refractivity contribution in [2.75, 3.05) is 13.7 Å². The van der Waals surface area contributed by atoms with Crippen LogP contribution in [0.2, 0.25) is 0 Å². The summed E-state index contributed by atoms with van der Waals surface area (Å²) in [5, 5.41) is 3.17. The second-order valence-corrected chi connectivity index (χ2v) is 4.56. The molecule has 1 aromatic heterocycles. The zero-order valence-electron chi connectivity index (χ0n) is 11.5. The summed E-state index contributed by atoms with van der Waals surface area (Å²) in [5.41, 5.74) is 3.51. The first-order valence-corrected chi connectivity index (χ1v) is 6.56. The van der Waals surface area contributed by atoms with Gasteiger partial charge in [-0.1, -0.05) is 23.8 Å². The Kier molecular flexibility index (Phi) is 4.93. The molecule has 100 valence electrons. The minimum absolute atomic E-state index is 0.650. The number of pyridine rings is 1. The first-order chi connectivity index (χ1) is 9.29. The van der Waals surface area contributed by atoms with Crippen LogP contribution in [0.3, 0.4) is 0 Å². The Labute approximate surface area is 114 Å². The fourth-order valence-corrected chi connectivity index (χ4v) is 1.99. The molecule has 19 heavy (non-hydrogen) atoms. The van der Waals surface area contributed by atoms with Crippen molar-refractivity contribution in [3.63, 3.8) is 0 Å². The van der Waals surface area contributed by atoms with Gasteiger partial charge < -0.3 is 10.1 Å². The van der Waals surface area contributed by atoms with Gasteiger partial charge in [-0.25, -0.2) is 0 Å². The average Bonchev–Trinajstić information content (AvgIpc) is 2.43. The second kappa shape index (κ2) is 6.90. The van der Waals surface area contributed by atoms with Crippen molar-refractivity contribution in [3.8, 4) is 5.75 Å². The summed E-state index contributed by atoms with van der Waals surface area (Å²) in [4.78, 5) is 4.29. The number of rotatable bonds is 6. The molecule has 0 spiro atoms. The van der Waals surface area contributed by atoms with Crippen molar-refractivity contribution in [2.45, 2.75) is 19.9 Å². The molecule has 3 heteroatoms. The number of benzene rings is 1. The average molecular weight is 256 g/mol. The van der Waals surface area contributed by atoms with Crippen LogP contribution in [0.25, 0.3) is 0 Å². The van der Waals surface area contributed by atoms with E-state index in [-0.39, 0.29) is 0 Å². The van der Waals surface area contributed by atoms with Crippen LogP contribution in [0.4, 0.5) is 0 Å². The molecule has 0 radical (unpaired) electrons. The van der Waals surface area contributed by atoms with Gasteiger partial charge in [-0.2, -0.15) is 0 Å². The van der Waals surface area contributed by atoms with E-state index in [9.17, 15) is 0 Å². The SMILES string of the molecule is CNCc1cc(C)ccc1OCCc1ccccn1. The standard InChI is InChI=1S/C16H20N2O/c1-13-6-7-16(14(11-13)12-17-2)19-10-8-15-5-3-4-9-18-15/h3-7,9,11,17H,8,10,12H2,1-2H3. The minimum Gasteiger partial charge on any atom is -0.493 e. The number of hydrogen-bond donors (Lipinski definition) is 1. The summed E-state index contributed by atoms with van der Waals surface area (Å²) in [7, 11) is 1.94. The molecule has 0 saturated carbocycles. The number of nitrogens with one attached hydrogen (secondary N) is 1. The summed E-state index contributed by atoms with van der Waals surface area (Å²) < 4.78 is 5.87. The van der Waals surface area contributed by atoms with E-state index in [4.69, 9.17) is 4.74 Å². The molecule has 0 amide bonds. The van der Waals surface area contributed by atoms with Crippen LogP contribution in [0.1, 0.15) is 16.8 Å². The monoisotopic (exact) mass is 256 g/mol. The zero-order valence-corrected chi connectivity index (χ0v) is 11.5. The predicted octanol–water partition coefficient (Wildman–Crippen LogP) is 2.73. The van der Waals surface area contributed by atoms with Gasteiger partial charge in [0.1, 0.15) is 5.75 Å². The fraction of sp³-hybridized carbons (Fsp3) is 0.312. The van der Waals surface area contributed by atoms with Gasteiger partial charge in [0.2, 0.25) is 0 Å². The molecule has 0 atom stereocenters. The Bertz CT molecular complexity index is 511. The molecule has 1 N–H and O–H groups in total. The van der Waals surface area contributed by atoms with Gasteiger partial charge in [-0.05, 0) is 32.2 Å². The van der Waals surface area contributed by atoms with E-state index >= 15 is 0 Å². The van der Waals surface area contributed by atoms with Gasteiger partial charge >= 0.3 is 0 Å². The van der Waals surface area contributed by atoms with Crippen molar-refractivity contribution in [2.24, 2.45) is 0 Å². The summed E-state index contributed by atoms with van der Waals surface area (Å²) in [6.45, 7) is 3.56. The van der Waals surface area contributed by atoms with Crippen LogP contribution in [0.5, 0.6) is 5.75 Å². The first kappa shape index (κ1) is 13.6. The molecular weight excluding hydrogens is 236 g/mol. The molecule has 1 aromatic carbocycles. The van der Waals surface area contributed by atoms with Gasteiger partial charge in [0, 0.05) is 30.4 Å². The molecule has 0 unspecified atom stereocenters. The highest BCUT2D eigenvalue weighted by Gasteiger charge is 2.03. The Morgan fingerprint density at radius 2 is 2.11 bits per heavy atom. The highest BCUT2D eigenvalue weighted by Crippen LogP contribution is 2.20. The van der Waals surface area contributed by atoms with Crippen molar-refractivity contribution < 1.29 is 4.74 Å². The van der Waals surface area contributed by atoms with E-state index in [1.54, 1.807) is 0 Å². The van der Waals surface area contributed by atoms with Crippen LogP contribution in [-0.2, 0) is 13.0 Å². The quantitative estimate of drug-likeness (QED) is 0.863. The number of hydrogen-bond acceptors (Lipinski definition) is 3. The van der Waals surface area contributed by atoms with E-state index in [0.717, 1.165) is 24.4 Å². The molecule has 0 aliphatic carbocycles. The molecule has 2 aromatic rings. The van der Waals surface area contributed by atoms with Crippen LogP contribution >= 0.6 is 0 Å². The molecule has 3 nitrogen and oxygen atoms in total. The van der Waals surface area contributed by atoms with E-state index in [2.05, 4.69) is 29.4 Å². The molecule has 2 rings (SSSR count). The predicted molar refractivity (Wildman–Crippen MR) is 77.4 cm³/mol. The highest BCUT2D eigenvalue weighted by molar-refractivity contribution is 5.36. The summed E-state index contributed by atoms with van der Waals surface area (Å²) in [6.07, 6.45) is 2.64. The lowest BCUT2D eigenvalue weighted by molar-refractivity contribution is 0.316. The third-order valence-corrected chi connectivity index (χ3v) is 2.93. The third kappa shape index (κ3) is 4.07. The number of ether oxygens (including phenoxy) is 1. The summed E-state index contributed by atoms with van der Waals surface area (Å²) in [6, 6.07) is 12.2. The van der Waals surface area contributed by atoms with Crippen LogP contribution in [0, 0.1) is 6.92 Å². The molecule has 0 aliphatic rings. The van der Waals surface area contributed by atoms with Crippen molar-refractivity contribution in [1.82, 2.24) is 10.3 Å². The Morgan fingerprint density at radius 1 is 1.21 bits per heavy atom. The Hall–Kier alpha value is -1.87. The lowest BCUT2D eigenvalue weighted by Crippen LogP contribution is -2.09. The normalized spacial score (nSPS) is 10.4. The maximum Gasteiger partial charge on any atom is 0.123 e. The summed E-state index contributed by atoms with van der Waals surface area (Å²) >= 11 is 0. The first-order valence-electron chi connectivity index (χ1n) is 6.56. The van der Waals surface area contributed by atoms with Crippen LogP contribution < -0.4 is 10.1 Å². The molecule has 0 fully saturated rings.